The third-order valence-electron chi connectivity index (χ3n) is 3.71. The Morgan fingerprint density at radius 2 is 1.88 bits per heavy atom. The number of nitrogens with two attached hydrogens (primary N) is 1. The summed E-state index contributed by atoms with van der Waals surface area (Å²) in [6.07, 6.45) is 2.17. The fourth-order valence-corrected chi connectivity index (χ4v) is 2.44. The molecule has 2 nitrogen and oxygen atoms in total. The highest BCUT2D eigenvalue weighted by molar-refractivity contribution is 5.43. The second-order valence-corrected chi connectivity index (χ2v) is 6.14. The topological polar surface area (TPSA) is 35.2 Å². The normalized spacial score (nSPS) is 24.3. The minimum absolute atomic E-state index is 0.187. The monoisotopic (exact) mass is 233 g/mol. The summed E-state index contributed by atoms with van der Waals surface area (Å²) in [6.45, 7) is 6.72. The molecular formula is C15H23NO. The molecule has 0 radical (unpaired) electrons. The van der Waals surface area contributed by atoms with Gasteiger partial charge in [0, 0.05) is 6.04 Å². The molecule has 94 valence electrons. The van der Waals surface area contributed by atoms with E-state index in [0.717, 1.165) is 18.6 Å². The zero-order valence-corrected chi connectivity index (χ0v) is 11.3. The molecule has 1 saturated carbocycles. The number of ether oxygens (including phenoxy) is 1. The van der Waals surface area contributed by atoms with Crippen LogP contribution in [0, 0.1) is 0 Å². The van der Waals surface area contributed by atoms with Crippen LogP contribution < -0.4 is 10.5 Å². The molecule has 0 spiro atoms. The van der Waals surface area contributed by atoms with Crippen molar-refractivity contribution in [2.45, 2.75) is 51.0 Å². The first-order valence-corrected chi connectivity index (χ1v) is 6.36. The number of hydrogen-bond acceptors (Lipinski definition) is 2. The SMILES string of the molecule is COc1ccc(C(C)(C)C)cc1C1CC(N)C1. The van der Waals surface area contributed by atoms with Crippen LogP contribution in [-0.4, -0.2) is 13.2 Å². The highest BCUT2D eigenvalue weighted by Gasteiger charge is 2.30. The summed E-state index contributed by atoms with van der Waals surface area (Å²) in [4.78, 5) is 0. The van der Waals surface area contributed by atoms with E-state index in [1.54, 1.807) is 7.11 Å². The fraction of sp³-hybridized carbons (Fsp3) is 0.600. The van der Waals surface area contributed by atoms with Gasteiger partial charge in [0.05, 0.1) is 7.11 Å². The lowest BCUT2D eigenvalue weighted by atomic mass is 9.74. The molecule has 0 saturated heterocycles. The summed E-state index contributed by atoms with van der Waals surface area (Å²) in [5, 5.41) is 0. The largest absolute Gasteiger partial charge is 0.496 e. The third kappa shape index (κ3) is 2.47. The van der Waals surface area contributed by atoms with Gasteiger partial charge in [-0.3, -0.25) is 0 Å². The van der Waals surface area contributed by atoms with E-state index in [1.807, 2.05) is 0 Å². The summed E-state index contributed by atoms with van der Waals surface area (Å²) in [5.74, 6) is 1.59. The number of methoxy groups -OCH3 is 1. The van der Waals surface area contributed by atoms with Crippen molar-refractivity contribution in [2.24, 2.45) is 5.73 Å². The molecule has 1 aromatic rings. The fourth-order valence-electron chi connectivity index (χ4n) is 2.44. The first-order valence-electron chi connectivity index (χ1n) is 6.36. The van der Waals surface area contributed by atoms with E-state index in [1.165, 1.54) is 11.1 Å². The van der Waals surface area contributed by atoms with Gasteiger partial charge in [-0.05, 0) is 41.4 Å². The van der Waals surface area contributed by atoms with Crippen molar-refractivity contribution in [1.82, 2.24) is 0 Å². The van der Waals surface area contributed by atoms with Gasteiger partial charge in [-0.25, -0.2) is 0 Å². The van der Waals surface area contributed by atoms with E-state index in [-0.39, 0.29) is 5.41 Å². The van der Waals surface area contributed by atoms with Crippen LogP contribution in [-0.2, 0) is 5.41 Å². The average molecular weight is 233 g/mol. The maximum atomic E-state index is 5.88. The molecule has 2 rings (SSSR count). The molecule has 2 heteroatoms. The molecule has 0 atom stereocenters. The maximum absolute atomic E-state index is 5.88. The van der Waals surface area contributed by atoms with Crippen molar-refractivity contribution in [3.8, 4) is 5.75 Å². The zero-order chi connectivity index (χ0) is 12.6. The van der Waals surface area contributed by atoms with Gasteiger partial charge in [0.25, 0.3) is 0 Å². The van der Waals surface area contributed by atoms with Crippen molar-refractivity contribution in [2.75, 3.05) is 7.11 Å². The van der Waals surface area contributed by atoms with Gasteiger partial charge in [0.1, 0.15) is 5.75 Å². The second kappa shape index (κ2) is 4.34. The van der Waals surface area contributed by atoms with E-state index in [2.05, 4.69) is 39.0 Å². The molecule has 1 aliphatic rings. The lowest BCUT2D eigenvalue weighted by Gasteiger charge is -2.34. The molecule has 17 heavy (non-hydrogen) atoms. The molecule has 1 fully saturated rings. The molecule has 0 bridgehead atoms. The van der Waals surface area contributed by atoms with E-state index in [0.29, 0.717) is 12.0 Å². The molecule has 0 unspecified atom stereocenters. The van der Waals surface area contributed by atoms with Crippen LogP contribution in [0.1, 0.15) is 50.7 Å². The van der Waals surface area contributed by atoms with Crippen molar-refractivity contribution >= 4 is 0 Å². The van der Waals surface area contributed by atoms with Crippen LogP contribution >= 0.6 is 0 Å². The Morgan fingerprint density at radius 1 is 1.24 bits per heavy atom. The lowest BCUT2D eigenvalue weighted by molar-refractivity contribution is 0.333. The van der Waals surface area contributed by atoms with Crippen LogP contribution in [0.2, 0.25) is 0 Å². The van der Waals surface area contributed by atoms with E-state index < -0.39 is 0 Å². The predicted octanol–water partition coefficient (Wildman–Crippen LogP) is 3.20. The molecule has 0 aliphatic heterocycles. The van der Waals surface area contributed by atoms with Gasteiger partial charge in [0.15, 0.2) is 0 Å². The predicted molar refractivity (Wildman–Crippen MR) is 71.6 cm³/mol. The molecule has 0 heterocycles. The zero-order valence-electron chi connectivity index (χ0n) is 11.3. The Morgan fingerprint density at radius 3 is 2.35 bits per heavy atom. The first kappa shape index (κ1) is 12.4. The quantitative estimate of drug-likeness (QED) is 0.851. The molecule has 0 aromatic heterocycles. The van der Waals surface area contributed by atoms with E-state index in [9.17, 15) is 0 Å². The minimum atomic E-state index is 0.187. The molecular weight excluding hydrogens is 210 g/mol. The van der Waals surface area contributed by atoms with Gasteiger partial charge in [-0.15, -0.1) is 0 Å². The number of hydrogen-bond donors (Lipinski definition) is 1. The van der Waals surface area contributed by atoms with E-state index in [4.69, 9.17) is 10.5 Å². The van der Waals surface area contributed by atoms with Crippen LogP contribution in [0.15, 0.2) is 18.2 Å². The summed E-state index contributed by atoms with van der Waals surface area (Å²) >= 11 is 0. The van der Waals surface area contributed by atoms with Crippen LogP contribution in [0.4, 0.5) is 0 Å². The highest BCUT2D eigenvalue weighted by atomic mass is 16.5. The average Bonchev–Trinajstić information content (AvgIpc) is 2.22. The molecule has 0 amide bonds. The van der Waals surface area contributed by atoms with Crippen molar-refractivity contribution in [1.29, 1.82) is 0 Å². The summed E-state index contributed by atoms with van der Waals surface area (Å²) in [6, 6.07) is 6.94. The van der Waals surface area contributed by atoms with Gasteiger partial charge < -0.3 is 10.5 Å². The van der Waals surface area contributed by atoms with Crippen molar-refractivity contribution < 1.29 is 4.74 Å². The smallest absolute Gasteiger partial charge is 0.122 e. The Hall–Kier alpha value is -1.02. The Kier molecular flexibility index (Phi) is 3.17. The van der Waals surface area contributed by atoms with Crippen molar-refractivity contribution in [3.05, 3.63) is 29.3 Å². The first-order chi connectivity index (χ1) is 7.91. The van der Waals surface area contributed by atoms with Crippen LogP contribution in [0.3, 0.4) is 0 Å². The van der Waals surface area contributed by atoms with Crippen molar-refractivity contribution in [3.63, 3.8) is 0 Å². The number of benzene rings is 1. The lowest BCUT2D eigenvalue weighted by Crippen LogP contribution is -2.35. The Balaban J connectivity index is 2.34. The number of rotatable bonds is 2. The van der Waals surface area contributed by atoms with E-state index >= 15 is 0 Å². The Labute approximate surface area is 104 Å². The van der Waals surface area contributed by atoms with Gasteiger partial charge in [-0.2, -0.15) is 0 Å². The summed E-state index contributed by atoms with van der Waals surface area (Å²) < 4.78 is 5.46. The second-order valence-electron chi connectivity index (χ2n) is 6.14. The molecule has 2 N–H and O–H groups in total. The molecule has 1 aromatic carbocycles. The highest BCUT2D eigenvalue weighted by Crippen LogP contribution is 2.41. The molecule has 1 aliphatic carbocycles. The van der Waals surface area contributed by atoms with Gasteiger partial charge in [-0.1, -0.05) is 32.9 Å². The third-order valence-corrected chi connectivity index (χ3v) is 3.71. The summed E-state index contributed by atoms with van der Waals surface area (Å²) in [7, 11) is 1.74. The van der Waals surface area contributed by atoms with Gasteiger partial charge in [0.2, 0.25) is 0 Å². The minimum Gasteiger partial charge on any atom is -0.496 e. The Bertz CT molecular complexity index is 400. The maximum Gasteiger partial charge on any atom is 0.122 e. The van der Waals surface area contributed by atoms with Crippen LogP contribution in [0.5, 0.6) is 5.75 Å². The van der Waals surface area contributed by atoms with Crippen LogP contribution in [0.25, 0.3) is 0 Å². The van der Waals surface area contributed by atoms with Gasteiger partial charge >= 0.3 is 0 Å². The summed E-state index contributed by atoms with van der Waals surface area (Å²) in [5.41, 5.74) is 8.77. The standard InChI is InChI=1S/C15H23NO/c1-15(2,3)11-5-6-14(17-4)13(9-11)10-7-12(16)8-10/h5-6,9-10,12H,7-8,16H2,1-4H3.